The molecule has 0 aliphatic carbocycles. The first-order valence-electron chi connectivity index (χ1n) is 6.24. The van der Waals surface area contributed by atoms with Gasteiger partial charge in [0.1, 0.15) is 5.57 Å². The molecule has 0 aliphatic rings. The number of Topliss-reactive ketones (excluding diaryl/α,β-unsaturated/α-hetero) is 1. The fraction of sp³-hybridized carbons (Fsp3) is 0.333. The minimum absolute atomic E-state index is 0. The van der Waals surface area contributed by atoms with Gasteiger partial charge in [-0.3, -0.25) is 4.79 Å². The summed E-state index contributed by atoms with van der Waals surface area (Å²) >= 11 is 0. The van der Waals surface area contributed by atoms with Crippen molar-refractivity contribution in [1.29, 1.82) is 0 Å². The summed E-state index contributed by atoms with van der Waals surface area (Å²) in [5.41, 5.74) is 0.390. The minimum Gasteiger partial charge on any atom is -0.504 e. The van der Waals surface area contributed by atoms with Gasteiger partial charge in [-0.1, -0.05) is 43.7 Å². The van der Waals surface area contributed by atoms with E-state index in [0.717, 1.165) is 12.8 Å². The third-order valence-electron chi connectivity index (χ3n) is 2.57. The zero-order valence-corrected chi connectivity index (χ0v) is 12.4. The van der Waals surface area contributed by atoms with Crippen molar-refractivity contribution in [3.63, 3.8) is 0 Å². The Morgan fingerprint density at radius 1 is 1.20 bits per heavy atom. The number of esters is 1. The summed E-state index contributed by atoms with van der Waals surface area (Å²) in [4.78, 5) is 23.2. The van der Waals surface area contributed by atoms with Gasteiger partial charge in [-0.2, -0.15) is 0 Å². The van der Waals surface area contributed by atoms with Gasteiger partial charge in [0, 0.05) is 24.0 Å². The second-order valence-electron chi connectivity index (χ2n) is 4.14. The molecule has 5 heteroatoms. The maximum absolute atomic E-state index is 12.0. The van der Waals surface area contributed by atoms with Crippen LogP contribution < -0.4 is 0 Å². The summed E-state index contributed by atoms with van der Waals surface area (Å²) in [5, 5.41) is 9.80. The van der Waals surface area contributed by atoms with Crippen molar-refractivity contribution in [1.82, 2.24) is 0 Å². The van der Waals surface area contributed by atoms with Gasteiger partial charge in [0.15, 0.2) is 11.5 Å². The maximum atomic E-state index is 12.0. The number of ether oxygens (including phenoxy) is 1. The van der Waals surface area contributed by atoms with E-state index in [1.165, 1.54) is 6.92 Å². The molecule has 0 amide bonds. The number of aliphatic hydroxyl groups excluding tert-OH is 1. The SMILES string of the molecule is CCCCOC(=O)/C(=C(\O)C(C)=O)c1ccccc1.[Cu]. The second kappa shape index (κ2) is 9.34. The van der Waals surface area contributed by atoms with Crippen LogP contribution in [0.15, 0.2) is 36.1 Å². The van der Waals surface area contributed by atoms with Crippen LogP contribution in [0.3, 0.4) is 0 Å². The molecule has 1 aromatic carbocycles. The summed E-state index contributed by atoms with van der Waals surface area (Å²) < 4.78 is 5.06. The van der Waals surface area contributed by atoms with Gasteiger partial charge in [0.2, 0.25) is 0 Å². The summed E-state index contributed by atoms with van der Waals surface area (Å²) in [6, 6.07) is 8.53. The molecular weight excluding hydrogens is 308 g/mol. The Morgan fingerprint density at radius 3 is 2.30 bits per heavy atom. The molecule has 113 valence electrons. The molecule has 20 heavy (non-hydrogen) atoms. The zero-order valence-electron chi connectivity index (χ0n) is 11.5. The molecule has 0 fully saturated rings. The third kappa shape index (κ3) is 5.19. The van der Waals surface area contributed by atoms with Crippen LogP contribution in [-0.4, -0.2) is 23.5 Å². The van der Waals surface area contributed by atoms with E-state index in [9.17, 15) is 14.7 Å². The first-order chi connectivity index (χ1) is 9.07. The Morgan fingerprint density at radius 2 is 1.80 bits per heavy atom. The molecule has 0 saturated heterocycles. The number of aliphatic hydroxyl groups is 1. The van der Waals surface area contributed by atoms with Crippen LogP contribution in [0.25, 0.3) is 5.57 Å². The normalized spacial score (nSPS) is 11.1. The number of hydrogen-bond donors (Lipinski definition) is 1. The van der Waals surface area contributed by atoms with E-state index in [1.807, 2.05) is 6.92 Å². The number of ketones is 1. The molecule has 0 heterocycles. The van der Waals surface area contributed by atoms with Gasteiger partial charge in [-0.05, 0) is 12.0 Å². The standard InChI is InChI=1S/C15H18O4.Cu/c1-3-4-10-19-15(18)13(14(17)11(2)16)12-8-6-5-7-9-12;/h5-9,17H,3-4,10H2,1-2H3;/b14-13-;. The Balaban J connectivity index is 0.00000361. The maximum Gasteiger partial charge on any atom is 0.342 e. The van der Waals surface area contributed by atoms with Crippen LogP contribution in [0.4, 0.5) is 0 Å². The number of benzene rings is 1. The molecule has 0 aromatic heterocycles. The van der Waals surface area contributed by atoms with Gasteiger partial charge in [0.25, 0.3) is 0 Å². The predicted molar refractivity (Wildman–Crippen MR) is 72.5 cm³/mol. The largest absolute Gasteiger partial charge is 0.504 e. The Bertz CT molecular complexity index is 480. The summed E-state index contributed by atoms with van der Waals surface area (Å²) in [6.45, 7) is 3.46. The number of unbranched alkanes of at least 4 members (excludes halogenated alkanes) is 1. The molecule has 1 aromatic rings. The first-order valence-corrected chi connectivity index (χ1v) is 6.24. The van der Waals surface area contributed by atoms with Crippen LogP contribution in [0.1, 0.15) is 32.3 Å². The van der Waals surface area contributed by atoms with Gasteiger partial charge in [-0.25, -0.2) is 4.79 Å². The average Bonchev–Trinajstić information content (AvgIpc) is 2.40. The van der Waals surface area contributed by atoms with E-state index in [0.29, 0.717) is 5.56 Å². The van der Waals surface area contributed by atoms with Crippen LogP contribution in [0, 0.1) is 0 Å². The smallest absolute Gasteiger partial charge is 0.342 e. The van der Waals surface area contributed by atoms with Crippen molar-refractivity contribution in [3.05, 3.63) is 41.7 Å². The molecule has 0 bridgehead atoms. The molecule has 1 N–H and O–H groups in total. The van der Waals surface area contributed by atoms with Crippen molar-refractivity contribution in [2.45, 2.75) is 26.7 Å². The third-order valence-corrected chi connectivity index (χ3v) is 2.57. The van der Waals surface area contributed by atoms with Gasteiger partial charge < -0.3 is 9.84 Å². The van der Waals surface area contributed by atoms with Crippen molar-refractivity contribution in [2.75, 3.05) is 6.61 Å². The van der Waals surface area contributed by atoms with E-state index in [-0.39, 0.29) is 29.2 Å². The fourth-order valence-corrected chi connectivity index (χ4v) is 1.51. The Hall–Kier alpha value is -1.58. The van der Waals surface area contributed by atoms with Crippen molar-refractivity contribution in [3.8, 4) is 0 Å². The number of carbonyl (C=O) groups is 2. The number of rotatable bonds is 6. The van der Waals surface area contributed by atoms with Crippen LogP contribution in [0.5, 0.6) is 0 Å². The van der Waals surface area contributed by atoms with Crippen LogP contribution in [-0.2, 0) is 31.4 Å². The fourth-order valence-electron chi connectivity index (χ4n) is 1.51. The van der Waals surface area contributed by atoms with Crippen molar-refractivity contribution >= 4 is 17.3 Å². The van der Waals surface area contributed by atoms with Crippen LogP contribution >= 0.6 is 0 Å². The van der Waals surface area contributed by atoms with E-state index < -0.39 is 17.5 Å². The summed E-state index contributed by atoms with van der Waals surface area (Å²) in [6.07, 6.45) is 1.64. The molecule has 0 unspecified atom stereocenters. The number of allylic oxidation sites excluding steroid dienone is 1. The molecular formula is C15H18CuO4. The molecule has 0 spiro atoms. The van der Waals surface area contributed by atoms with Gasteiger partial charge in [0.05, 0.1) is 6.61 Å². The zero-order chi connectivity index (χ0) is 14.3. The topological polar surface area (TPSA) is 63.6 Å². The van der Waals surface area contributed by atoms with Crippen LogP contribution in [0.2, 0.25) is 0 Å². The average molecular weight is 326 g/mol. The summed E-state index contributed by atoms with van der Waals surface area (Å²) in [5.74, 6) is -1.80. The molecule has 0 aliphatic heterocycles. The molecule has 0 atom stereocenters. The minimum atomic E-state index is -0.674. The molecule has 1 rings (SSSR count). The molecule has 4 nitrogen and oxygen atoms in total. The van der Waals surface area contributed by atoms with Gasteiger partial charge in [-0.15, -0.1) is 0 Å². The first kappa shape index (κ1) is 18.4. The second-order valence-corrected chi connectivity index (χ2v) is 4.14. The summed E-state index contributed by atoms with van der Waals surface area (Å²) in [7, 11) is 0. The van der Waals surface area contributed by atoms with Crippen molar-refractivity contribution < 1.29 is 36.5 Å². The van der Waals surface area contributed by atoms with E-state index in [4.69, 9.17) is 4.74 Å². The number of carbonyl (C=O) groups excluding carboxylic acids is 2. The van der Waals surface area contributed by atoms with E-state index in [1.54, 1.807) is 30.3 Å². The van der Waals surface area contributed by atoms with E-state index in [2.05, 4.69) is 0 Å². The molecule has 1 radical (unpaired) electrons. The quantitative estimate of drug-likeness (QED) is 0.287. The van der Waals surface area contributed by atoms with Crippen molar-refractivity contribution in [2.24, 2.45) is 0 Å². The predicted octanol–water partition coefficient (Wildman–Crippen LogP) is 2.89. The molecule has 0 saturated carbocycles. The van der Waals surface area contributed by atoms with Gasteiger partial charge >= 0.3 is 5.97 Å². The monoisotopic (exact) mass is 325 g/mol. The Kier molecular flexibility index (Phi) is 8.60. The number of hydrogen-bond acceptors (Lipinski definition) is 4. The Labute approximate surface area is 129 Å². The van der Waals surface area contributed by atoms with E-state index >= 15 is 0 Å².